The molecule has 3 aromatic rings. The first-order valence-electron chi connectivity index (χ1n) is 8.57. The molecule has 0 aliphatic rings. The fourth-order valence-electron chi connectivity index (χ4n) is 2.68. The summed E-state index contributed by atoms with van der Waals surface area (Å²) in [6.07, 6.45) is -9.17. The van der Waals surface area contributed by atoms with Crippen molar-refractivity contribution in [3.63, 3.8) is 0 Å². The molecule has 0 atom stereocenters. The van der Waals surface area contributed by atoms with Gasteiger partial charge in [-0.1, -0.05) is 19.9 Å². The summed E-state index contributed by atoms with van der Waals surface area (Å²) in [5.41, 5.74) is -3.33. The predicted octanol–water partition coefficient (Wildman–Crippen LogP) is 5.01. The smallest absolute Gasteiger partial charge is 0.305 e. The molecule has 0 spiro atoms. The number of H-pyrrole nitrogens is 1. The molecule has 0 aliphatic heterocycles. The number of anilines is 1. The van der Waals surface area contributed by atoms with E-state index in [1.54, 1.807) is 0 Å². The number of alkyl halides is 6. The molecule has 12 heteroatoms. The molecule has 2 N–H and O–H groups in total. The van der Waals surface area contributed by atoms with Gasteiger partial charge in [-0.3, -0.25) is 9.89 Å². The lowest BCUT2D eigenvalue weighted by atomic mass is 10.1. The highest BCUT2D eigenvalue weighted by Crippen LogP contribution is 2.35. The van der Waals surface area contributed by atoms with Crippen molar-refractivity contribution in [3.05, 3.63) is 59.0 Å². The number of rotatable bonds is 4. The zero-order chi connectivity index (χ0) is 22.3. The van der Waals surface area contributed by atoms with Crippen molar-refractivity contribution in [1.82, 2.24) is 20.0 Å². The summed E-state index contributed by atoms with van der Waals surface area (Å²) in [6, 6.07) is 4.69. The van der Waals surface area contributed by atoms with E-state index in [0.29, 0.717) is 18.0 Å². The molecule has 0 fully saturated rings. The fourth-order valence-corrected chi connectivity index (χ4v) is 2.68. The second-order valence-corrected chi connectivity index (χ2v) is 6.68. The van der Waals surface area contributed by atoms with Gasteiger partial charge in [0.25, 0.3) is 5.91 Å². The summed E-state index contributed by atoms with van der Waals surface area (Å²) in [4.78, 5) is 12.4. The van der Waals surface area contributed by atoms with E-state index in [2.05, 4.69) is 20.6 Å². The van der Waals surface area contributed by atoms with Crippen LogP contribution in [0.1, 0.15) is 47.1 Å². The third-order valence-electron chi connectivity index (χ3n) is 4.16. The zero-order valence-electron chi connectivity index (χ0n) is 15.6. The van der Waals surface area contributed by atoms with Crippen molar-refractivity contribution in [2.45, 2.75) is 32.1 Å². The quantitative estimate of drug-likeness (QED) is 0.571. The number of halogens is 6. The SMILES string of the molecule is CC(C)c1cc(NC(=O)c2cnn(-c3cccc(C(F)(F)F)c3)c2C(F)(F)F)n[nH]1. The summed E-state index contributed by atoms with van der Waals surface area (Å²) < 4.78 is 80.1. The summed E-state index contributed by atoms with van der Waals surface area (Å²) in [5.74, 6) is -1.11. The van der Waals surface area contributed by atoms with Crippen LogP contribution < -0.4 is 5.32 Å². The van der Waals surface area contributed by atoms with Crippen LogP contribution in [0.5, 0.6) is 0 Å². The number of carbonyl (C=O) groups excluding carboxylic acids is 1. The Hall–Kier alpha value is -3.31. The Bertz CT molecular complexity index is 1060. The van der Waals surface area contributed by atoms with Crippen LogP contribution in [-0.2, 0) is 12.4 Å². The van der Waals surface area contributed by atoms with Gasteiger partial charge in [0.15, 0.2) is 11.5 Å². The average molecular weight is 431 g/mol. The van der Waals surface area contributed by atoms with E-state index in [1.807, 2.05) is 13.8 Å². The van der Waals surface area contributed by atoms with Crippen LogP contribution in [-0.4, -0.2) is 25.9 Å². The average Bonchev–Trinajstić information content (AvgIpc) is 3.27. The maximum atomic E-state index is 13.7. The minimum absolute atomic E-state index is 0.00337. The summed E-state index contributed by atoms with van der Waals surface area (Å²) in [6.45, 7) is 3.69. The number of hydrogen-bond donors (Lipinski definition) is 2. The number of aromatic amines is 1. The molecule has 0 saturated carbocycles. The predicted molar refractivity (Wildman–Crippen MR) is 94.2 cm³/mol. The minimum Gasteiger partial charge on any atom is -0.305 e. The molecule has 0 unspecified atom stereocenters. The molecule has 0 radical (unpaired) electrons. The van der Waals surface area contributed by atoms with E-state index in [-0.39, 0.29) is 16.4 Å². The molecular weight excluding hydrogens is 416 g/mol. The van der Waals surface area contributed by atoms with Gasteiger partial charge in [0.1, 0.15) is 0 Å². The van der Waals surface area contributed by atoms with Gasteiger partial charge in [0, 0.05) is 11.8 Å². The Balaban J connectivity index is 2.01. The minimum atomic E-state index is -5.06. The Labute approximate surface area is 165 Å². The van der Waals surface area contributed by atoms with E-state index in [1.165, 1.54) is 6.07 Å². The molecule has 2 aromatic heterocycles. The summed E-state index contributed by atoms with van der Waals surface area (Å²) in [5, 5.41) is 12.2. The van der Waals surface area contributed by atoms with Crippen molar-refractivity contribution < 1.29 is 31.1 Å². The largest absolute Gasteiger partial charge is 0.434 e. The maximum Gasteiger partial charge on any atom is 0.434 e. The third kappa shape index (κ3) is 4.31. The van der Waals surface area contributed by atoms with Crippen LogP contribution in [0.3, 0.4) is 0 Å². The third-order valence-corrected chi connectivity index (χ3v) is 4.16. The van der Waals surface area contributed by atoms with E-state index >= 15 is 0 Å². The van der Waals surface area contributed by atoms with Gasteiger partial charge in [-0.2, -0.15) is 36.5 Å². The van der Waals surface area contributed by atoms with Crippen molar-refractivity contribution in [2.75, 3.05) is 5.32 Å². The van der Waals surface area contributed by atoms with Gasteiger partial charge in [-0.25, -0.2) is 4.68 Å². The maximum absolute atomic E-state index is 13.7. The molecule has 1 amide bonds. The van der Waals surface area contributed by atoms with Crippen LogP contribution in [0, 0.1) is 0 Å². The number of nitrogens with zero attached hydrogens (tertiary/aromatic N) is 3. The van der Waals surface area contributed by atoms with Crippen molar-refractivity contribution in [2.24, 2.45) is 0 Å². The van der Waals surface area contributed by atoms with Crippen LogP contribution in [0.25, 0.3) is 5.69 Å². The molecule has 160 valence electrons. The zero-order valence-corrected chi connectivity index (χ0v) is 15.6. The standard InChI is InChI=1S/C18H15F6N5O/c1-9(2)13-7-14(28-27-13)26-16(30)12-8-25-29(15(12)18(22,23)24)11-5-3-4-10(6-11)17(19,20)21/h3-9H,1-2H3,(H2,26,27,28,30). The molecule has 1 aromatic carbocycles. The van der Waals surface area contributed by atoms with Gasteiger partial charge in [0.05, 0.1) is 23.0 Å². The molecule has 30 heavy (non-hydrogen) atoms. The van der Waals surface area contributed by atoms with Crippen LogP contribution in [0.4, 0.5) is 32.2 Å². The van der Waals surface area contributed by atoms with Crippen molar-refractivity contribution in [3.8, 4) is 5.69 Å². The number of hydrogen-bond acceptors (Lipinski definition) is 3. The molecule has 6 nitrogen and oxygen atoms in total. The number of nitrogens with one attached hydrogen (secondary N) is 2. The second-order valence-electron chi connectivity index (χ2n) is 6.68. The Morgan fingerprint density at radius 2 is 1.80 bits per heavy atom. The Morgan fingerprint density at radius 3 is 2.37 bits per heavy atom. The molecule has 0 aliphatic carbocycles. The van der Waals surface area contributed by atoms with Gasteiger partial charge in [-0.05, 0) is 24.1 Å². The highest BCUT2D eigenvalue weighted by atomic mass is 19.4. The Kier molecular flexibility index (Phi) is 5.35. The van der Waals surface area contributed by atoms with Gasteiger partial charge in [-0.15, -0.1) is 0 Å². The fraction of sp³-hybridized carbons (Fsp3) is 0.278. The first kappa shape index (κ1) is 21.4. The van der Waals surface area contributed by atoms with Crippen LogP contribution >= 0.6 is 0 Å². The van der Waals surface area contributed by atoms with Crippen LogP contribution in [0.15, 0.2) is 36.5 Å². The van der Waals surface area contributed by atoms with E-state index < -0.39 is 40.8 Å². The number of benzene rings is 1. The molecular formula is C18H15F6N5O. The van der Waals surface area contributed by atoms with Gasteiger partial charge < -0.3 is 5.32 Å². The van der Waals surface area contributed by atoms with Crippen molar-refractivity contribution >= 4 is 11.7 Å². The van der Waals surface area contributed by atoms with Crippen LogP contribution in [0.2, 0.25) is 0 Å². The lowest BCUT2D eigenvalue weighted by molar-refractivity contribution is -0.143. The highest BCUT2D eigenvalue weighted by molar-refractivity contribution is 6.04. The van der Waals surface area contributed by atoms with Gasteiger partial charge >= 0.3 is 12.4 Å². The number of aromatic nitrogens is 4. The van der Waals surface area contributed by atoms with Gasteiger partial charge in [0.2, 0.25) is 0 Å². The monoisotopic (exact) mass is 431 g/mol. The number of amides is 1. The first-order chi connectivity index (χ1) is 13.9. The molecule has 2 heterocycles. The molecule has 0 saturated heterocycles. The lowest BCUT2D eigenvalue weighted by Crippen LogP contribution is -2.21. The highest BCUT2D eigenvalue weighted by Gasteiger charge is 2.41. The molecule has 0 bridgehead atoms. The van der Waals surface area contributed by atoms with E-state index in [0.717, 1.165) is 18.2 Å². The normalized spacial score (nSPS) is 12.4. The van der Waals surface area contributed by atoms with Crippen molar-refractivity contribution in [1.29, 1.82) is 0 Å². The van der Waals surface area contributed by atoms with E-state index in [4.69, 9.17) is 0 Å². The first-order valence-corrected chi connectivity index (χ1v) is 8.57. The lowest BCUT2D eigenvalue weighted by Gasteiger charge is -2.14. The molecule has 3 rings (SSSR count). The topological polar surface area (TPSA) is 75.6 Å². The second kappa shape index (κ2) is 7.50. The summed E-state index contributed by atoms with van der Waals surface area (Å²) in [7, 11) is 0. The Morgan fingerprint density at radius 1 is 1.10 bits per heavy atom. The van der Waals surface area contributed by atoms with E-state index in [9.17, 15) is 31.1 Å². The summed E-state index contributed by atoms with van der Waals surface area (Å²) >= 11 is 0. The number of carbonyl (C=O) groups is 1.